The molecular weight excluding hydrogens is 174 g/mol. The van der Waals surface area contributed by atoms with Gasteiger partial charge in [0.05, 0.1) is 6.61 Å². The second-order valence-electron chi connectivity index (χ2n) is 5.23. The van der Waals surface area contributed by atoms with Gasteiger partial charge in [0.2, 0.25) is 0 Å². The van der Waals surface area contributed by atoms with E-state index in [9.17, 15) is 5.11 Å². The molecule has 0 aromatic carbocycles. The van der Waals surface area contributed by atoms with E-state index < -0.39 is 0 Å². The molecule has 0 radical (unpaired) electrons. The average molecular weight is 199 g/mol. The van der Waals surface area contributed by atoms with Crippen molar-refractivity contribution in [3.05, 3.63) is 0 Å². The van der Waals surface area contributed by atoms with Crippen LogP contribution in [0.2, 0.25) is 0 Å². The minimum Gasteiger partial charge on any atom is -0.394 e. The van der Waals surface area contributed by atoms with Crippen LogP contribution >= 0.6 is 0 Å². The molecule has 2 N–H and O–H groups in total. The predicted molar refractivity (Wildman–Crippen MR) is 60.3 cm³/mol. The topological polar surface area (TPSA) is 32.3 Å². The first kappa shape index (κ1) is 12.0. The lowest BCUT2D eigenvalue weighted by molar-refractivity contribution is 0.156. The molecule has 0 amide bonds. The van der Waals surface area contributed by atoms with Crippen LogP contribution < -0.4 is 5.32 Å². The zero-order valence-corrected chi connectivity index (χ0v) is 9.84. The summed E-state index contributed by atoms with van der Waals surface area (Å²) in [5.41, 5.74) is 0.0466. The van der Waals surface area contributed by atoms with E-state index in [1.165, 1.54) is 12.8 Å². The van der Waals surface area contributed by atoms with E-state index in [1.807, 2.05) is 0 Å². The minimum absolute atomic E-state index is 0.0466. The van der Waals surface area contributed by atoms with Crippen LogP contribution in [0.5, 0.6) is 0 Å². The van der Waals surface area contributed by atoms with Crippen molar-refractivity contribution in [2.75, 3.05) is 13.2 Å². The van der Waals surface area contributed by atoms with Gasteiger partial charge in [0.1, 0.15) is 0 Å². The van der Waals surface area contributed by atoms with Crippen molar-refractivity contribution in [2.45, 2.75) is 52.0 Å². The van der Waals surface area contributed by atoms with Crippen LogP contribution in [0.1, 0.15) is 46.5 Å². The van der Waals surface area contributed by atoms with Crippen molar-refractivity contribution in [2.24, 2.45) is 11.8 Å². The van der Waals surface area contributed by atoms with Crippen LogP contribution in [0.3, 0.4) is 0 Å². The van der Waals surface area contributed by atoms with Gasteiger partial charge < -0.3 is 10.4 Å². The molecule has 1 saturated carbocycles. The molecule has 0 aromatic rings. The van der Waals surface area contributed by atoms with Crippen LogP contribution in [-0.4, -0.2) is 23.8 Å². The number of hydrogen-bond donors (Lipinski definition) is 2. The number of nitrogens with one attached hydrogen (secondary N) is 1. The third-order valence-electron chi connectivity index (χ3n) is 3.48. The summed E-state index contributed by atoms with van der Waals surface area (Å²) in [5, 5.41) is 13.0. The molecule has 1 fully saturated rings. The number of aliphatic hydroxyl groups excluding tert-OH is 1. The molecule has 0 aliphatic heterocycles. The second kappa shape index (κ2) is 5.13. The zero-order chi connectivity index (χ0) is 10.6. The molecule has 2 nitrogen and oxygen atoms in total. The summed E-state index contributed by atoms with van der Waals surface area (Å²) in [6.07, 6.45) is 4.84. The van der Waals surface area contributed by atoms with E-state index in [0.29, 0.717) is 12.5 Å². The highest BCUT2D eigenvalue weighted by molar-refractivity contribution is 4.95. The Hall–Kier alpha value is -0.0800. The Kier molecular flexibility index (Phi) is 4.39. The van der Waals surface area contributed by atoms with Gasteiger partial charge in [-0.05, 0) is 37.6 Å². The van der Waals surface area contributed by atoms with Crippen molar-refractivity contribution in [3.63, 3.8) is 0 Å². The molecule has 0 aromatic heterocycles. The molecule has 1 rings (SSSR count). The summed E-state index contributed by atoms with van der Waals surface area (Å²) in [7, 11) is 0. The fourth-order valence-corrected chi connectivity index (χ4v) is 2.37. The molecule has 2 unspecified atom stereocenters. The number of rotatable bonds is 5. The van der Waals surface area contributed by atoms with Gasteiger partial charge in [-0.1, -0.05) is 27.2 Å². The maximum Gasteiger partial charge on any atom is 0.0613 e. The van der Waals surface area contributed by atoms with Crippen LogP contribution in [0.4, 0.5) is 0 Å². The molecule has 0 saturated heterocycles. The van der Waals surface area contributed by atoms with Crippen molar-refractivity contribution in [3.8, 4) is 0 Å². The van der Waals surface area contributed by atoms with E-state index >= 15 is 0 Å². The van der Waals surface area contributed by atoms with Crippen molar-refractivity contribution in [1.82, 2.24) is 5.32 Å². The lowest BCUT2D eigenvalue weighted by Gasteiger charge is -2.29. The summed E-state index contributed by atoms with van der Waals surface area (Å²) in [4.78, 5) is 0. The van der Waals surface area contributed by atoms with Crippen LogP contribution in [0.25, 0.3) is 0 Å². The quantitative estimate of drug-likeness (QED) is 0.711. The van der Waals surface area contributed by atoms with Gasteiger partial charge in [0, 0.05) is 5.54 Å². The van der Waals surface area contributed by atoms with E-state index in [1.54, 1.807) is 0 Å². The molecule has 2 atom stereocenters. The average Bonchev–Trinajstić information content (AvgIpc) is 2.59. The maximum absolute atomic E-state index is 9.48. The Morgan fingerprint density at radius 2 is 2.21 bits per heavy atom. The molecule has 2 heteroatoms. The Bertz CT molecular complexity index is 170. The molecule has 0 bridgehead atoms. The number of hydrogen-bond acceptors (Lipinski definition) is 2. The molecule has 1 aliphatic rings. The number of aliphatic hydroxyl groups is 1. The van der Waals surface area contributed by atoms with Crippen LogP contribution in [0.15, 0.2) is 0 Å². The smallest absolute Gasteiger partial charge is 0.0613 e. The summed E-state index contributed by atoms with van der Waals surface area (Å²) >= 11 is 0. The standard InChI is InChI=1S/C12H25NO/c1-4-11-5-6-12(7-11,9-14)13-8-10(2)3/h10-11,13-14H,4-9H2,1-3H3. The van der Waals surface area contributed by atoms with Gasteiger partial charge >= 0.3 is 0 Å². The third kappa shape index (κ3) is 2.96. The summed E-state index contributed by atoms with van der Waals surface area (Å²) in [5.74, 6) is 1.49. The maximum atomic E-state index is 9.48. The van der Waals surface area contributed by atoms with Gasteiger partial charge in [0.15, 0.2) is 0 Å². The van der Waals surface area contributed by atoms with Crippen molar-refractivity contribution in [1.29, 1.82) is 0 Å². The molecule has 1 aliphatic carbocycles. The van der Waals surface area contributed by atoms with Crippen LogP contribution in [-0.2, 0) is 0 Å². The van der Waals surface area contributed by atoms with Crippen LogP contribution in [0, 0.1) is 11.8 Å². The minimum atomic E-state index is 0.0466. The lowest BCUT2D eigenvalue weighted by atomic mass is 9.95. The molecule has 14 heavy (non-hydrogen) atoms. The first-order valence-electron chi connectivity index (χ1n) is 5.98. The fraction of sp³-hybridized carbons (Fsp3) is 1.00. The molecule has 84 valence electrons. The Morgan fingerprint density at radius 3 is 2.64 bits per heavy atom. The third-order valence-corrected chi connectivity index (χ3v) is 3.48. The van der Waals surface area contributed by atoms with E-state index in [-0.39, 0.29) is 5.54 Å². The largest absolute Gasteiger partial charge is 0.394 e. The van der Waals surface area contributed by atoms with E-state index in [4.69, 9.17) is 0 Å². The highest BCUT2D eigenvalue weighted by atomic mass is 16.3. The first-order valence-corrected chi connectivity index (χ1v) is 5.98. The van der Waals surface area contributed by atoms with E-state index in [2.05, 4.69) is 26.1 Å². The summed E-state index contributed by atoms with van der Waals surface area (Å²) < 4.78 is 0. The Morgan fingerprint density at radius 1 is 1.50 bits per heavy atom. The van der Waals surface area contributed by atoms with Gasteiger partial charge in [0.25, 0.3) is 0 Å². The zero-order valence-electron chi connectivity index (χ0n) is 9.84. The fourth-order valence-electron chi connectivity index (χ4n) is 2.37. The first-order chi connectivity index (χ1) is 6.62. The molecule has 0 spiro atoms. The Labute approximate surface area is 88.1 Å². The molecular formula is C12H25NO. The van der Waals surface area contributed by atoms with Gasteiger partial charge in [-0.25, -0.2) is 0 Å². The SMILES string of the molecule is CCC1CCC(CO)(NCC(C)C)C1. The highest BCUT2D eigenvalue weighted by Gasteiger charge is 2.37. The normalized spacial score (nSPS) is 32.8. The Balaban J connectivity index is 2.43. The monoisotopic (exact) mass is 199 g/mol. The van der Waals surface area contributed by atoms with Crippen molar-refractivity contribution < 1.29 is 5.11 Å². The lowest BCUT2D eigenvalue weighted by Crippen LogP contribution is -2.47. The van der Waals surface area contributed by atoms with Gasteiger partial charge in [-0.15, -0.1) is 0 Å². The van der Waals surface area contributed by atoms with Gasteiger partial charge in [-0.2, -0.15) is 0 Å². The van der Waals surface area contributed by atoms with Crippen molar-refractivity contribution >= 4 is 0 Å². The molecule has 0 heterocycles. The second-order valence-corrected chi connectivity index (χ2v) is 5.23. The summed E-state index contributed by atoms with van der Waals surface area (Å²) in [6.45, 7) is 8.00. The predicted octanol–water partition coefficient (Wildman–Crippen LogP) is 2.17. The summed E-state index contributed by atoms with van der Waals surface area (Å²) in [6, 6.07) is 0. The van der Waals surface area contributed by atoms with E-state index in [0.717, 1.165) is 25.3 Å². The highest BCUT2D eigenvalue weighted by Crippen LogP contribution is 2.36. The van der Waals surface area contributed by atoms with Gasteiger partial charge in [-0.3, -0.25) is 0 Å².